The number of hydrogen-bond acceptors (Lipinski definition) is 7. The molecule has 3 aromatic rings. The van der Waals surface area contributed by atoms with Crippen molar-refractivity contribution in [2.75, 3.05) is 23.8 Å². The van der Waals surface area contributed by atoms with Gasteiger partial charge in [-0.3, -0.25) is 4.79 Å². The lowest BCUT2D eigenvalue weighted by atomic mass is 10.1. The maximum atomic E-state index is 12.8. The number of likely N-dealkylation sites (tertiary alicyclic amines) is 1. The molecule has 2 atom stereocenters. The Morgan fingerprint density at radius 3 is 2.81 bits per heavy atom. The Balaban J connectivity index is 1.37. The molecule has 2 aromatic carbocycles. The zero-order valence-corrected chi connectivity index (χ0v) is 17.5. The largest absolute Gasteiger partial charge is 0.394 e. The topological polar surface area (TPSA) is 111 Å². The SMILES string of the molecule is O=C(c1ccc(Nc2ncc3c(n2)-c2ccccc2NC(O)C3)cc1)N1CCC[C@H]1CO. The van der Waals surface area contributed by atoms with Gasteiger partial charge in [0.1, 0.15) is 6.23 Å². The van der Waals surface area contributed by atoms with E-state index in [2.05, 4.69) is 15.6 Å². The van der Waals surface area contributed by atoms with Gasteiger partial charge in [0.2, 0.25) is 5.95 Å². The molecule has 0 bridgehead atoms. The van der Waals surface area contributed by atoms with Crippen molar-refractivity contribution >= 4 is 23.2 Å². The summed E-state index contributed by atoms with van der Waals surface area (Å²) in [4.78, 5) is 23.6. The van der Waals surface area contributed by atoms with Gasteiger partial charge in [0.25, 0.3) is 5.91 Å². The monoisotopic (exact) mass is 431 g/mol. The van der Waals surface area contributed by atoms with Gasteiger partial charge >= 0.3 is 0 Å². The molecule has 0 saturated carbocycles. The summed E-state index contributed by atoms with van der Waals surface area (Å²) in [6.07, 6.45) is 3.20. The number of nitrogens with zero attached hydrogens (tertiary/aromatic N) is 3. The van der Waals surface area contributed by atoms with E-state index in [0.717, 1.165) is 41.0 Å². The molecule has 8 heteroatoms. The molecule has 0 spiro atoms. The van der Waals surface area contributed by atoms with Gasteiger partial charge in [-0.25, -0.2) is 9.97 Å². The average molecular weight is 431 g/mol. The van der Waals surface area contributed by atoms with Crippen LogP contribution in [0.1, 0.15) is 28.8 Å². The van der Waals surface area contributed by atoms with Crippen LogP contribution in [0.25, 0.3) is 11.3 Å². The third-order valence-corrected chi connectivity index (χ3v) is 6.02. The maximum Gasteiger partial charge on any atom is 0.254 e. The second kappa shape index (κ2) is 8.57. The molecule has 2 aliphatic heterocycles. The Kier molecular flexibility index (Phi) is 5.46. The smallest absolute Gasteiger partial charge is 0.254 e. The maximum absolute atomic E-state index is 12.8. The molecule has 1 aromatic heterocycles. The van der Waals surface area contributed by atoms with E-state index in [1.165, 1.54) is 0 Å². The van der Waals surface area contributed by atoms with E-state index in [9.17, 15) is 15.0 Å². The molecule has 1 unspecified atom stereocenters. The number of aliphatic hydroxyl groups excluding tert-OH is 2. The first-order chi connectivity index (χ1) is 15.6. The van der Waals surface area contributed by atoms with Gasteiger partial charge in [-0.2, -0.15) is 0 Å². The highest BCUT2D eigenvalue weighted by atomic mass is 16.3. The molecule has 3 heterocycles. The molecule has 0 aliphatic carbocycles. The Hall–Kier alpha value is -3.49. The minimum Gasteiger partial charge on any atom is -0.394 e. The zero-order chi connectivity index (χ0) is 22.1. The first kappa shape index (κ1) is 20.4. The number of para-hydroxylation sites is 1. The molecule has 1 fully saturated rings. The molecule has 4 N–H and O–H groups in total. The highest BCUT2D eigenvalue weighted by Gasteiger charge is 2.28. The lowest BCUT2D eigenvalue weighted by Gasteiger charge is -2.23. The lowest BCUT2D eigenvalue weighted by Crippen LogP contribution is -2.37. The van der Waals surface area contributed by atoms with Crippen LogP contribution in [0.4, 0.5) is 17.3 Å². The van der Waals surface area contributed by atoms with Gasteiger partial charge in [-0.05, 0) is 43.2 Å². The molecular weight excluding hydrogens is 406 g/mol. The van der Waals surface area contributed by atoms with Gasteiger partial charge in [0, 0.05) is 47.2 Å². The van der Waals surface area contributed by atoms with E-state index in [4.69, 9.17) is 4.98 Å². The van der Waals surface area contributed by atoms with E-state index in [-0.39, 0.29) is 18.6 Å². The second-order valence-electron chi connectivity index (χ2n) is 8.16. The number of benzene rings is 2. The number of anilines is 3. The summed E-state index contributed by atoms with van der Waals surface area (Å²) in [6.45, 7) is 0.675. The highest BCUT2D eigenvalue weighted by molar-refractivity contribution is 5.95. The summed E-state index contributed by atoms with van der Waals surface area (Å²) in [6, 6.07) is 14.8. The van der Waals surface area contributed by atoms with Crippen LogP contribution < -0.4 is 10.6 Å². The van der Waals surface area contributed by atoms with Crippen LogP contribution in [0, 0.1) is 0 Å². The van der Waals surface area contributed by atoms with Crippen molar-refractivity contribution in [1.82, 2.24) is 14.9 Å². The normalized spacial score (nSPS) is 19.5. The Labute approximate surface area is 186 Å². The molecule has 8 nitrogen and oxygen atoms in total. The van der Waals surface area contributed by atoms with Crippen molar-refractivity contribution in [3.05, 3.63) is 65.9 Å². The second-order valence-corrected chi connectivity index (χ2v) is 8.16. The number of aromatic nitrogens is 2. The van der Waals surface area contributed by atoms with Crippen molar-refractivity contribution in [2.45, 2.75) is 31.5 Å². The van der Waals surface area contributed by atoms with E-state index in [0.29, 0.717) is 24.5 Å². The minimum atomic E-state index is -0.703. The van der Waals surface area contributed by atoms with Crippen LogP contribution in [0.15, 0.2) is 54.7 Å². The van der Waals surface area contributed by atoms with Gasteiger partial charge in [-0.15, -0.1) is 0 Å². The molecule has 5 rings (SSSR count). The molecule has 0 radical (unpaired) electrons. The number of carbonyl (C=O) groups excluding carboxylic acids is 1. The molecule has 1 amide bonds. The molecular formula is C24H25N5O3. The summed E-state index contributed by atoms with van der Waals surface area (Å²) in [7, 11) is 0. The average Bonchev–Trinajstić information content (AvgIpc) is 3.24. The number of carbonyl (C=O) groups is 1. The summed E-state index contributed by atoms with van der Waals surface area (Å²) in [5, 5.41) is 26.0. The fraction of sp³-hybridized carbons (Fsp3) is 0.292. The zero-order valence-electron chi connectivity index (χ0n) is 17.5. The third-order valence-electron chi connectivity index (χ3n) is 6.02. The summed E-state index contributed by atoms with van der Waals surface area (Å²) < 4.78 is 0. The van der Waals surface area contributed by atoms with Gasteiger partial charge in [0.05, 0.1) is 18.3 Å². The fourth-order valence-corrected chi connectivity index (χ4v) is 4.39. The minimum absolute atomic E-state index is 0.00325. The van der Waals surface area contributed by atoms with Crippen LogP contribution in [0.2, 0.25) is 0 Å². The van der Waals surface area contributed by atoms with Crippen LogP contribution >= 0.6 is 0 Å². The summed E-state index contributed by atoms with van der Waals surface area (Å²) in [5.74, 6) is 0.381. The fourth-order valence-electron chi connectivity index (χ4n) is 4.39. The first-order valence-electron chi connectivity index (χ1n) is 10.8. The van der Waals surface area contributed by atoms with Gasteiger partial charge in [-0.1, -0.05) is 18.2 Å². The Bertz CT molecular complexity index is 1130. The van der Waals surface area contributed by atoms with Gasteiger partial charge in [0.15, 0.2) is 0 Å². The van der Waals surface area contributed by atoms with Crippen LogP contribution in [-0.2, 0) is 6.42 Å². The quantitative estimate of drug-likeness (QED) is 0.503. The molecule has 1 saturated heterocycles. The van der Waals surface area contributed by atoms with Crippen molar-refractivity contribution in [3.8, 4) is 11.3 Å². The molecule has 32 heavy (non-hydrogen) atoms. The van der Waals surface area contributed by atoms with E-state index in [1.807, 2.05) is 36.4 Å². The lowest BCUT2D eigenvalue weighted by molar-refractivity contribution is 0.0677. The standard InChI is InChI=1S/C24H25N5O3/c30-14-18-4-3-11-29(18)23(32)15-7-9-17(10-8-15)26-24-25-13-16-12-21(31)27-20-6-2-1-5-19(20)22(16)28-24/h1-2,5-10,13,18,21,27,30-31H,3-4,11-12,14H2,(H,25,26,28)/t18-,21?/m0/s1. The molecule has 164 valence electrons. The predicted octanol–water partition coefficient (Wildman–Crippen LogP) is 2.77. The van der Waals surface area contributed by atoms with Crippen molar-refractivity contribution < 1.29 is 15.0 Å². The number of aliphatic hydroxyl groups is 2. The van der Waals surface area contributed by atoms with Crippen molar-refractivity contribution in [3.63, 3.8) is 0 Å². The van der Waals surface area contributed by atoms with Gasteiger partial charge < -0.3 is 25.7 Å². The molecule has 2 aliphatic rings. The highest BCUT2D eigenvalue weighted by Crippen LogP contribution is 2.33. The number of hydrogen-bond donors (Lipinski definition) is 4. The third kappa shape index (κ3) is 3.90. The summed E-state index contributed by atoms with van der Waals surface area (Å²) >= 11 is 0. The van der Waals surface area contributed by atoms with Crippen molar-refractivity contribution in [1.29, 1.82) is 0 Å². The summed E-state index contributed by atoms with van der Waals surface area (Å²) in [5.41, 5.74) is 4.74. The van der Waals surface area contributed by atoms with E-state index < -0.39 is 6.23 Å². The van der Waals surface area contributed by atoms with Crippen molar-refractivity contribution in [2.24, 2.45) is 0 Å². The predicted molar refractivity (Wildman–Crippen MR) is 122 cm³/mol. The number of fused-ring (bicyclic) bond motifs is 3. The van der Waals surface area contributed by atoms with Crippen LogP contribution in [0.3, 0.4) is 0 Å². The van der Waals surface area contributed by atoms with Crippen LogP contribution in [0.5, 0.6) is 0 Å². The number of amides is 1. The van der Waals surface area contributed by atoms with E-state index in [1.54, 1.807) is 23.2 Å². The Morgan fingerprint density at radius 2 is 2.00 bits per heavy atom. The number of nitrogens with one attached hydrogen (secondary N) is 2. The number of rotatable bonds is 4. The first-order valence-corrected chi connectivity index (χ1v) is 10.8. The Morgan fingerprint density at radius 1 is 1.19 bits per heavy atom. The van der Waals surface area contributed by atoms with Crippen LogP contribution in [-0.4, -0.2) is 56.4 Å². The van der Waals surface area contributed by atoms with E-state index >= 15 is 0 Å².